The fourth-order valence-electron chi connectivity index (χ4n) is 5.20. The van der Waals surface area contributed by atoms with Crippen LogP contribution in [-0.2, 0) is 16.0 Å². The van der Waals surface area contributed by atoms with Gasteiger partial charge in [0.25, 0.3) is 5.91 Å². The predicted molar refractivity (Wildman–Crippen MR) is 143 cm³/mol. The molecule has 0 radical (unpaired) electrons. The molecule has 38 heavy (non-hydrogen) atoms. The Bertz CT molecular complexity index is 1520. The van der Waals surface area contributed by atoms with Crippen molar-refractivity contribution in [3.8, 4) is 23.0 Å². The fraction of sp³-hybridized carbons (Fsp3) is 0.346. The molecule has 0 saturated heterocycles. The summed E-state index contributed by atoms with van der Waals surface area (Å²) in [5.41, 5.74) is 0.348. The van der Waals surface area contributed by atoms with Crippen molar-refractivity contribution in [3.63, 3.8) is 0 Å². The van der Waals surface area contributed by atoms with Crippen molar-refractivity contribution >= 4 is 55.9 Å². The smallest absolute Gasteiger partial charge is 0.339 e. The molecule has 0 spiro atoms. The first-order chi connectivity index (χ1) is 18.1. The summed E-state index contributed by atoms with van der Waals surface area (Å²) in [4.78, 5) is 44.2. The topological polar surface area (TPSA) is 139 Å². The number of aromatic hydroxyl groups is 1. The van der Waals surface area contributed by atoms with Gasteiger partial charge < -0.3 is 39.3 Å². The number of ketones is 1. The maximum absolute atomic E-state index is 13.9. The number of hydrogen-bond acceptors (Lipinski definition) is 9. The number of carbonyl (C=O) groups excluding carboxylic acids is 3. The number of benzene rings is 2. The van der Waals surface area contributed by atoms with Crippen LogP contribution >= 0.6 is 15.9 Å². The van der Waals surface area contributed by atoms with Crippen molar-refractivity contribution in [1.82, 2.24) is 4.98 Å². The number of fused-ring (bicyclic) bond motifs is 4. The average Bonchev–Trinajstić information content (AvgIpc) is 3.46. The standard InChI is InChI=1S/C26H26BrN3O8/c1-26(25(34)38-5)23(32)18-13-8-12(27)10-30(15(13)9-16(31)20(18)29-26)24(33)14-6-11-7-17(35-2)21(36-3)22(37-4)19(11)28-14/h6-7,9,12,28-29,31H,8,10H2,1-5H3/t12?,26-/m1/s1. The van der Waals surface area contributed by atoms with E-state index < -0.39 is 17.3 Å². The lowest BCUT2D eigenvalue weighted by atomic mass is 9.89. The quantitative estimate of drug-likeness (QED) is 0.177. The number of rotatable bonds is 5. The van der Waals surface area contributed by atoms with E-state index in [4.69, 9.17) is 18.9 Å². The van der Waals surface area contributed by atoms with Gasteiger partial charge in [0.05, 0.1) is 50.9 Å². The van der Waals surface area contributed by atoms with Gasteiger partial charge in [0.15, 0.2) is 17.0 Å². The second-order valence-corrected chi connectivity index (χ2v) is 10.5. The number of phenolic OH excluding ortho intramolecular Hbond substituents is 1. The zero-order valence-corrected chi connectivity index (χ0v) is 22.9. The highest BCUT2D eigenvalue weighted by Crippen LogP contribution is 2.48. The Labute approximate surface area is 226 Å². The molecule has 12 heteroatoms. The summed E-state index contributed by atoms with van der Waals surface area (Å²) in [6.07, 6.45) is 0.404. The minimum atomic E-state index is -1.69. The molecule has 0 aliphatic carbocycles. The molecule has 0 saturated carbocycles. The summed E-state index contributed by atoms with van der Waals surface area (Å²) in [5.74, 6) is -0.740. The lowest BCUT2D eigenvalue weighted by molar-refractivity contribution is -0.143. The number of ether oxygens (including phenoxy) is 4. The van der Waals surface area contributed by atoms with Gasteiger partial charge in [-0.2, -0.15) is 0 Å². The van der Waals surface area contributed by atoms with E-state index in [2.05, 4.69) is 26.2 Å². The summed E-state index contributed by atoms with van der Waals surface area (Å²) in [6.45, 7) is 1.68. The number of nitrogens with one attached hydrogen (secondary N) is 2. The van der Waals surface area contributed by atoms with E-state index in [9.17, 15) is 19.5 Å². The third kappa shape index (κ3) is 3.57. The van der Waals surface area contributed by atoms with Crippen LogP contribution in [0.4, 0.5) is 11.4 Å². The molecule has 5 rings (SSSR count). The first kappa shape index (κ1) is 25.7. The van der Waals surface area contributed by atoms with Gasteiger partial charge in [0.1, 0.15) is 11.4 Å². The number of halogens is 1. The molecule has 1 unspecified atom stereocenters. The van der Waals surface area contributed by atoms with Crippen molar-refractivity contribution in [2.45, 2.75) is 23.7 Å². The van der Waals surface area contributed by atoms with Crippen LogP contribution in [0, 0.1) is 0 Å². The predicted octanol–water partition coefficient (Wildman–Crippen LogP) is 3.41. The Morgan fingerprint density at radius 3 is 2.45 bits per heavy atom. The summed E-state index contributed by atoms with van der Waals surface area (Å²) >= 11 is 3.61. The van der Waals surface area contributed by atoms with Gasteiger partial charge in [-0.1, -0.05) is 15.9 Å². The number of aromatic amines is 1. The third-order valence-electron chi connectivity index (χ3n) is 7.03. The normalized spacial score (nSPS) is 20.0. The first-order valence-electron chi connectivity index (χ1n) is 11.7. The zero-order valence-electron chi connectivity index (χ0n) is 21.4. The number of carbonyl (C=O) groups is 3. The van der Waals surface area contributed by atoms with E-state index in [0.717, 1.165) is 0 Å². The number of aromatic nitrogens is 1. The highest BCUT2D eigenvalue weighted by Gasteiger charge is 2.52. The van der Waals surface area contributed by atoms with Crippen LogP contribution in [0.15, 0.2) is 18.2 Å². The van der Waals surface area contributed by atoms with Crippen molar-refractivity contribution in [1.29, 1.82) is 0 Å². The molecule has 0 bridgehead atoms. The zero-order chi connectivity index (χ0) is 27.5. The van der Waals surface area contributed by atoms with Gasteiger partial charge in [-0.3, -0.25) is 9.59 Å². The molecule has 2 aromatic carbocycles. The molecule has 200 valence electrons. The van der Waals surface area contributed by atoms with E-state index in [1.54, 1.807) is 12.1 Å². The van der Waals surface area contributed by atoms with E-state index in [-0.39, 0.29) is 40.0 Å². The van der Waals surface area contributed by atoms with E-state index >= 15 is 0 Å². The number of H-pyrrole nitrogens is 1. The van der Waals surface area contributed by atoms with Crippen molar-refractivity contribution in [3.05, 3.63) is 35.0 Å². The number of methoxy groups -OCH3 is 4. The summed E-state index contributed by atoms with van der Waals surface area (Å²) in [7, 11) is 5.69. The third-order valence-corrected chi connectivity index (χ3v) is 7.65. The summed E-state index contributed by atoms with van der Waals surface area (Å²) in [6, 6.07) is 4.84. The van der Waals surface area contributed by atoms with Gasteiger partial charge in [-0.25, -0.2) is 4.79 Å². The number of alkyl halides is 1. The number of esters is 1. The number of amides is 1. The molecule has 3 aromatic rings. The van der Waals surface area contributed by atoms with Crippen molar-refractivity contribution < 1.29 is 38.4 Å². The number of anilines is 2. The minimum Gasteiger partial charge on any atom is -0.506 e. The van der Waals surface area contributed by atoms with Crippen LogP contribution < -0.4 is 24.4 Å². The van der Waals surface area contributed by atoms with Crippen LogP contribution in [0.1, 0.15) is 33.3 Å². The highest BCUT2D eigenvalue weighted by atomic mass is 79.9. The Morgan fingerprint density at radius 1 is 1.11 bits per heavy atom. The van der Waals surface area contributed by atoms with Crippen LogP contribution in [-0.4, -0.2) is 73.1 Å². The van der Waals surface area contributed by atoms with Gasteiger partial charge >= 0.3 is 5.97 Å². The Hall–Kier alpha value is -3.93. The largest absolute Gasteiger partial charge is 0.506 e. The van der Waals surface area contributed by atoms with Crippen LogP contribution in [0.5, 0.6) is 23.0 Å². The molecular formula is C26H26BrN3O8. The van der Waals surface area contributed by atoms with E-state index in [0.29, 0.717) is 45.8 Å². The molecule has 1 amide bonds. The Balaban J connectivity index is 1.63. The molecule has 11 nitrogen and oxygen atoms in total. The fourth-order valence-corrected chi connectivity index (χ4v) is 5.82. The number of phenols is 1. The Morgan fingerprint density at radius 2 is 1.82 bits per heavy atom. The average molecular weight is 588 g/mol. The maximum atomic E-state index is 13.9. The van der Waals surface area contributed by atoms with Crippen LogP contribution in [0.3, 0.4) is 0 Å². The number of nitrogens with zero attached hydrogens (tertiary/aromatic N) is 1. The molecular weight excluding hydrogens is 562 g/mol. The Kier molecular flexibility index (Phi) is 6.17. The van der Waals surface area contributed by atoms with Crippen molar-refractivity contribution in [2.24, 2.45) is 0 Å². The van der Waals surface area contributed by atoms with Crippen LogP contribution in [0.25, 0.3) is 10.9 Å². The van der Waals surface area contributed by atoms with Gasteiger partial charge in [0, 0.05) is 22.8 Å². The number of hydrogen-bond donors (Lipinski definition) is 3. The molecule has 3 N–H and O–H groups in total. The monoisotopic (exact) mass is 587 g/mol. The SMILES string of the molecule is COC(=O)[C@]1(C)Nc2c(O)cc3c(c2C1=O)CC(Br)CN3C(=O)c1cc2cc(OC)c(OC)c(OC)c2[nH]1. The van der Waals surface area contributed by atoms with E-state index in [1.165, 1.54) is 46.3 Å². The van der Waals surface area contributed by atoms with Gasteiger partial charge in [0.2, 0.25) is 11.5 Å². The van der Waals surface area contributed by atoms with Crippen molar-refractivity contribution in [2.75, 3.05) is 45.2 Å². The molecule has 2 atom stereocenters. The van der Waals surface area contributed by atoms with Gasteiger partial charge in [-0.15, -0.1) is 0 Å². The molecule has 3 heterocycles. The molecule has 0 fully saturated rings. The molecule has 1 aromatic heterocycles. The second kappa shape index (κ2) is 9.12. The lowest BCUT2D eigenvalue weighted by Crippen LogP contribution is -2.47. The first-order valence-corrected chi connectivity index (χ1v) is 12.6. The van der Waals surface area contributed by atoms with E-state index in [1.807, 2.05) is 0 Å². The summed E-state index contributed by atoms with van der Waals surface area (Å²) < 4.78 is 21.3. The van der Waals surface area contributed by atoms with Gasteiger partial charge in [-0.05, 0) is 31.0 Å². The maximum Gasteiger partial charge on any atom is 0.339 e. The summed E-state index contributed by atoms with van der Waals surface area (Å²) in [5, 5.41) is 14.4. The second-order valence-electron chi connectivity index (χ2n) is 9.22. The molecule has 2 aliphatic heterocycles. The lowest BCUT2D eigenvalue weighted by Gasteiger charge is -2.33. The molecule has 2 aliphatic rings. The minimum absolute atomic E-state index is 0.144. The number of Topliss-reactive ketones (excluding diaryl/α,β-unsaturated/α-hetero) is 1. The highest BCUT2D eigenvalue weighted by molar-refractivity contribution is 9.09. The van der Waals surface area contributed by atoms with Crippen LogP contribution in [0.2, 0.25) is 0 Å².